The summed E-state index contributed by atoms with van der Waals surface area (Å²) in [6.07, 6.45) is 4.03. The summed E-state index contributed by atoms with van der Waals surface area (Å²) >= 11 is 0. The third-order valence-corrected chi connectivity index (χ3v) is 6.90. The summed E-state index contributed by atoms with van der Waals surface area (Å²) in [4.78, 5) is 20.3. The Morgan fingerprint density at radius 1 is 0.812 bits per heavy atom. The number of hydrogen-bond acceptors (Lipinski definition) is 3. The highest BCUT2D eigenvalue weighted by molar-refractivity contribution is 5.98. The van der Waals surface area contributed by atoms with Gasteiger partial charge in [0, 0.05) is 26.6 Å². The van der Waals surface area contributed by atoms with E-state index in [1.807, 2.05) is 17.0 Å². The Labute approximate surface area is 191 Å². The molecule has 1 unspecified atom stereocenters. The number of likely N-dealkylation sites (tertiary alicyclic amines) is 1. The average molecular weight is 426 g/mol. The van der Waals surface area contributed by atoms with Crippen molar-refractivity contribution in [2.24, 2.45) is 0 Å². The van der Waals surface area contributed by atoms with Crippen molar-refractivity contribution in [2.75, 3.05) is 36.5 Å². The van der Waals surface area contributed by atoms with Gasteiger partial charge in [-0.2, -0.15) is 0 Å². The van der Waals surface area contributed by atoms with Gasteiger partial charge in [0.25, 0.3) is 0 Å². The van der Waals surface area contributed by atoms with Crippen LogP contribution in [0.1, 0.15) is 24.8 Å². The summed E-state index contributed by atoms with van der Waals surface area (Å²) in [5, 5.41) is 0. The summed E-state index contributed by atoms with van der Waals surface area (Å²) in [5.74, 6) is 0.210. The average Bonchev–Trinajstić information content (AvgIpc) is 3.39. The van der Waals surface area contributed by atoms with Crippen LogP contribution in [0.3, 0.4) is 0 Å². The monoisotopic (exact) mass is 425 g/mol. The molecule has 3 aromatic carbocycles. The first-order valence-corrected chi connectivity index (χ1v) is 11.7. The predicted molar refractivity (Wildman–Crippen MR) is 132 cm³/mol. The van der Waals surface area contributed by atoms with E-state index in [0.29, 0.717) is 6.42 Å². The Kier molecular flexibility index (Phi) is 5.95. The predicted octanol–water partition coefficient (Wildman–Crippen LogP) is 5.19. The van der Waals surface area contributed by atoms with E-state index in [9.17, 15) is 4.79 Å². The molecule has 1 fully saturated rings. The highest BCUT2D eigenvalue weighted by atomic mass is 16.2. The van der Waals surface area contributed by atoms with Crippen LogP contribution in [0.5, 0.6) is 0 Å². The first-order valence-electron chi connectivity index (χ1n) is 11.7. The number of likely N-dealkylation sites (N-methyl/N-ethyl adjacent to an activating group) is 1. The SMILES string of the molecule is CN1c2ccccc2N(C(=O)CCc2ccc(-c3ccccc3)cc2)CC1N1CCCC1. The molecule has 4 heteroatoms. The number of benzene rings is 3. The van der Waals surface area contributed by atoms with Gasteiger partial charge < -0.3 is 9.80 Å². The van der Waals surface area contributed by atoms with Gasteiger partial charge in [-0.05, 0) is 48.1 Å². The zero-order valence-electron chi connectivity index (χ0n) is 18.8. The van der Waals surface area contributed by atoms with Crippen LogP contribution in [0, 0.1) is 0 Å². The number of hydrogen-bond donors (Lipinski definition) is 0. The van der Waals surface area contributed by atoms with Crippen LogP contribution in [0.15, 0.2) is 78.9 Å². The van der Waals surface area contributed by atoms with Crippen LogP contribution in [-0.2, 0) is 11.2 Å². The van der Waals surface area contributed by atoms with Gasteiger partial charge in [-0.3, -0.25) is 9.69 Å². The molecule has 0 bridgehead atoms. The molecule has 0 spiro atoms. The molecule has 0 radical (unpaired) electrons. The van der Waals surface area contributed by atoms with Crippen LogP contribution >= 0.6 is 0 Å². The van der Waals surface area contributed by atoms with E-state index in [1.54, 1.807) is 0 Å². The zero-order chi connectivity index (χ0) is 21.9. The van der Waals surface area contributed by atoms with Gasteiger partial charge >= 0.3 is 0 Å². The Balaban J connectivity index is 1.29. The molecule has 164 valence electrons. The lowest BCUT2D eigenvalue weighted by Crippen LogP contribution is -2.56. The lowest BCUT2D eigenvalue weighted by Gasteiger charge is -2.45. The minimum absolute atomic E-state index is 0.210. The van der Waals surface area contributed by atoms with E-state index in [2.05, 4.69) is 83.6 Å². The molecule has 2 aliphatic rings. The van der Waals surface area contributed by atoms with E-state index in [1.165, 1.54) is 29.5 Å². The first-order chi connectivity index (χ1) is 15.7. The molecule has 0 aromatic heterocycles. The Morgan fingerprint density at radius 3 is 2.16 bits per heavy atom. The molecule has 1 atom stereocenters. The molecule has 32 heavy (non-hydrogen) atoms. The number of rotatable bonds is 5. The van der Waals surface area contributed by atoms with Gasteiger partial charge in [0.2, 0.25) is 5.91 Å². The molecule has 0 N–H and O–H groups in total. The molecule has 1 saturated heterocycles. The highest BCUT2D eigenvalue weighted by Gasteiger charge is 2.35. The van der Waals surface area contributed by atoms with Crippen LogP contribution in [0.4, 0.5) is 11.4 Å². The number of amides is 1. The lowest BCUT2D eigenvalue weighted by molar-refractivity contribution is -0.118. The fourth-order valence-electron chi connectivity index (χ4n) is 5.05. The van der Waals surface area contributed by atoms with Gasteiger partial charge in [-0.15, -0.1) is 0 Å². The van der Waals surface area contributed by atoms with Gasteiger partial charge in [-0.25, -0.2) is 0 Å². The van der Waals surface area contributed by atoms with Crippen LogP contribution < -0.4 is 9.80 Å². The fourth-order valence-corrected chi connectivity index (χ4v) is 5.05. The van der Waals surface area contributed by atoms with Crippen molar-refractivity contribution < 1.29 is 4.79 Å². The van der Waals surface area contributed by atoms with Crippen molar-refractivity contribution in [3.05, 3.63) is 84.4 Å². The zero-order valence-corrected chi connectivity index (χ0v) is 18.8. The molecule has 5 rings (SSSR count). The summed E-state index contributed by atoms with van der Waals surface area (Å²) in [6, 6.07) is 27.3. The highest BCUT2D eigenvalue weighted by Crippen LogP contribution is 2.36. The van der Waals surface area contributed by atoms with E-state index in [-0.39, 0.29) is 12.1 Å². The maximum Gasteiger partial charge on any atom is 0.227 e. The number of nitrogens with zero attached hydrogens (tertiary/aromatic N) is 3. The Morgan fingerprint density at radius 2 is 1.44 bits per heavy atom. The minimum atomic E-state index is 0.210. The lowest BCUT2D eigenvalue weighted by atomic mass is 10.0. The third kappa shape index (κ3) is 4.15. The molecular weight excluding hydrogens is 394 g/mol. The molecule has 1 amide bonds. The second-order valence-corrected chi connectivity index (χ2v) is 8.89. The number of carbonyl (C=O) groups is 1. The van der Waals surface area contributed by atoms with Crippen molar-refractivity contribution >= 4 is 17.3 Å². The molecule has 3 aromatic rings. The third-order valence-electron chi connectivity index (χ3n) is 6.90. The number of anilines is 2. The Hall–Kier alpha value is -3.11. The number of fused-ring (bicyclic) bond motifs is 1. The van der Waals surface area contributed by atoms with Gasteiger partial charge in [0.15, 0.2) is 0 Å². The van der Waals surface area contributed by atoms with Crippen LogP contribution in [0.2, 0.25) is 0 Å². The van der Waals surface area contributed by atoms with Crippen molar-refractivity contribution in [1.82, 2.24) is 4.90 Å². The van der Waals surface area contributed by atoms with E-state index in [0.717, 1.165) is 37.4 Å². The van der Waals surface area contributed by atoms with E-state index in [4.69, 9.17) is 0 Å². The van der Waals surface area contributed by atoms with Crippen LogP contribution in [0.25, 0.3) is 11.1 Å². The maximum atomic E-state index is 13.4. The maximum absolute atomic E-state index is 13.4. The second kappa shape index (κ2) is 9.17. The van der Waals surface area contributed by atoms with Crippen molar-refractivity contribution in [1.29, 1.82) is 0 Å². The molecular formula is C28H31N3O. The smallest absolute Gasteiger partial charge is 0.227 e. The Bertz CT molecular complexity index is 1060. The standard InChI is InChI=1S/C28H31N3O/c1-29-25-11-5-6-12-26(25)31(21-27(29)30-19-7-8-20-30)28(32)18-15-22-13-16-24(17-14-22)23-9-3-2-4-10-23/h2-6,9-14,16-17,27H,7-8,15,18-21H2,1H3. The summed E-state index contributed by atoms with van der Waals surface area (Å²) in [7, 11) is 2.16. The normalized spacial score (nSPS) is 18.6. The van der Waals surface area contributed by atoms with Gasteiger partial charge in [0.05, 0.1) is 17.9 Å². The van der Waals surface area contributed by atoms with Gasteiger partial charge in [0.1, 0.15) is 6.17 Å². The molecule has 0 saturated carbocycles. The quantitative estimate of drug-likeness (QED) is 0.563. The number of para-hydroxylation sites is 2. The molecule has 2 aliphatic heterocycles. The van der Waals surface area contributed by atoms with E-state index < -0.39 is 0 Å². The molecule has 4 nitrogen and oxygen atoms in total. The number of carbonyl (C=O) groups excluding carboxylic acids is 1. The second-order valence-electron chi connectivity index (χ2n) is 8.89. The van der Waals surface area contributed by atoms with Crippen molar-refractivity contribution in [3.8, 4) is 11.1 Å². The van der Waals surface area contributed by atoms with E-state index >= 15 is 0 Å². The largest absolute Gasteiger partial charge is 0.355 e. The summed E-state index contributed by atoms with van der Waals surface area (Å²) in [5.41, 5.74) is 5.82. The summed E-state index contributed by atoms with van der Waals surface area (Å²) in [6.45, 7) is 2.97. The topological polar surface area (TPSA) is 26.8 Å². The fraction of sp³-hybridized carbons (Fsp3) is 0.321. The van der Waals surface area contributed by atoms with Crippen molar-refractivity contribution in [3.63, 3.8) is 0 Å². The summed E-state index contributed by atoms with van der Waals surface area (Å²) < 4.78 is 0. The molecule has 2 heterocycles. The van der Waals surface area contributed by atoms with Gasteiger partial charge in [-0.1, -0.05) is 66.7 Å². The van der Waals surface area contributed by atoms with Crippen molar-refractivity contribution in [2.45, 2.75) is 31.8 Å². The first kappa shape index (κ1) is 20.8. The minimum Gasteiger partial charge on any atom is -0.355 e. The molecule has 0 aliphatic carbocycles. The number of aryl methyl sites for hydroxylation is 1. The van der Waals surface area contributed by atoms with Crippen LogP contribution in [-0.4, -0.2) is 43.7 Å².